The Morgan fingerprint density at radius 2 is 0.500 bits per heavy atom. The van der Waals surface area contributed by atoms with Gasteiger partial charge in [0.25, 0.3) is 0 Å². The van der Waals surface area contributed by atoms with E-state index in [0.29, 0.717) is 0 Å². The van der Waals surface area contributed by atoms with E-state index in [1.807, 2.05) is 0 Å². The van der Waals surface area contributed by atoms with Crippen LogP contribution in [0.25, 0.3) is 0 Å². The van der Waals surface area contributed by atoms with Crippen molar-refractivity contribution in [1.29, 1.82) is 0 Å². The summed E-state index contributed by atoms with van der Waals surface area (Å²) < 4.78 is 67.9. The van der Waals surface area contributed by atoms with E-state index in [1.54, 1.807) is 0 Å². The summed E-state index contributed by atoms with van der Waals surface area (Å²) >= 11 is 0. The molecular formula is Cl2O9Zr. The Labute approximate surface area is 89.4 Å². The molecule has 0 bridgehead atoms. The fraction of sp³-hybridized carbons (Fsp3) is 0. The van der Waals surface area contributed by atoms with Crippen molar-refractivity contribution < 1.29 is 89.4 Å². The van der Waals surface area contributed by atoms with Crippen LogP contribution in [0.4, 0.5) is 0 Å². The van der Waals surface area contributed by atoms with E-state index in [4.69, 9.17) is 37.3 Å². The predicted octanol–water partition coefficient (Wildman–Crippen LogP) is -9.63. The van der Waals surface area contributed by atoms with Crippen molar-refractivity contribution in [2.75, 3.05) is 0 Å². The van der Waals surface area contributed by atoms with Gasteiger partial charge in [-0.3, -0.25) is 0 Å². The monoisotopic (exact) mass is 304 g/mol. The van der Waals surface area contributed by atoms with Gasteiger partial charge in [-0.1, -0.05) is 0 Å². The number of halogens is 2. The quantitative estimate of drug-likeness (QED) is 0.417. The molecule has 0 N–H and O–H groups in total. The van der Waals surface area contributed by atoms with E-state index in [9.17, 15) is 0 Å². The van der Waals surface area contributed by atoms with E-state index in [0.717, 1.165) is 0 Å². The minimum absolute atomic E-state index is 0. The topological polar surface area (TPSA) is 213 Å². The van der Waals surface area contributed by atoms with E-state index in [-0.39, 0.29) is 31.7 Å². The molecule has 0 spiro atoms. The van der Waals surface area contributed by atoms with Crippen LogP contribution in [-0.4, -0.2) is 0 Å². The van der Waals surface area contributed by atoms with Crippen LogP contribution in [0.2, 0.25) is 0 Å². The van der Waals surface area contributed by atoms with E-state index >= 15 is 0 Å². The summed E-state index contributed by atoms with van der Waals surface area (Å²) in [4.78, 5) is 0. The molecule has 0 aliphatic rings. The second-order valence-electron chi connectivity index (χ2n) is 0.756. The number of hydrogen-bond donors (Lipinski definition) is 0. The van der Waals surface area contributed by atoms with E-state index in [1.165, 1.54) is 0 Å². The van der Waals surface area contributed by atoms with Crippen LogP contribution in [0.15, 0.2) is 0 Å². The Balaban J connectivity index is -0.0000000457. The van der Waals surface area contributed by atoms with Gasteiger partial charge in [-0.2, -0.15) is 0 Å². The van der Waals surface area contributed by atoms with Gasteiger partial charge in [0.2, 0.25) is 0 Å². The maximum Gasteiger partial charge on any atom is 4.00 e. The van der Waals surface area contributed by atoms with Gasteiger partial charge in [-0.15, -0.1) is 20.5 Å². The maximum absolute atomic E-state index is 8.49. The third-order valence-corrected chi connectivity index (χ3v) is 0. The van der Waals surface area contributed by atoms with Gasteiger partial charge in [0, 0.05) is 0 Å². The molecule has 0 amide bonds. The Morgan fingerprint density at radius 1 is 0.500 bits per heavy atom. The van der Waals surface area contributed by atoms with Gasteiger partial charge in [0.05, 0.1) is 0 Å². The molecule has 0 fully saturated rings. The Kier molecular flexibility index (Phi) is 16.8. The summed E-state index contributed by atoms with van der Waals surface area (Å²) in [5, 5.41) is 0. The average Bonchev–Trinajstić information content (AvgIpc) is 1.12. The minimum Gasteiger partial charge on any atom is -2.00 e. The molecular weight excluding hydrogens is 306 g/mol. The Morgan fingerprint density at radius 3 is 0.500 bits per heavy atom. The zero-order chi connectivity index (χ0) is 9.00. The normalized spacial score (nSPS) is 10.0. The van der Waals surface area contributed by atoms with Crippen LogP contribution >= 0.6 is 0 Å². The van der Waals surface area contributed by atoms with Crippen LogP contribution in [0.1, 0.15) is 0 Å². The minimum atomic E-state index is -4.94. The zero-order valence-corrected chi connectivity index (χ0v) is 8.90. The molecule has 72 valence electrons. The Hall–Kier alpha value is 1.10. The molecule has 0 aromatic heterocycles. The van der Waals surface area contributed by atoms with Crippen LogP contribution in [-0.2, 0) is 31.7 Å². The third-order valence-electron chi connectivity index (χ3n) is 0. The molecule has 0 radical (unpaired) electrons. The average molecular weight is 306 g/mol. The fourth-order valence-electron chi connectivity index (χ4n) is 0. The molecule has 0 aromatic carbocycles. The summed E-state index contributed by atoms with van der Waals surface area (Å²) in [6.45, 7) is 0. The van der Waals surface area contributed by atoms with Crippen molar-refractivity contribution in [3.8, 4) is 0 Å². The van der Waals surface area contributed by atoms with E-state index < -0.39 is 20.5 Å². The standard InChI is InChI=1S/2ClHO4.O.Zr/c2*2-1(3,4)5;;/h2*(H,2,3,4,5);;/q;;-2;+4/p-2. The molecule has 0 rings (SSSR count). The van der Waals surface area contributed by atoms with Gasteiger partial charge in [-0.25, -0.2) is 37.3 Å². The molecule has 0 heterocycles. The van der Waals surface area contributed by atoms with Gasteiger partial charge in [0.1, 0.15) is 0 Å². The summed E-state index contributed by atoms with van der Waals surface area (Å²) in [6, 6.07) is 0. The van der Waals surface area contributed by atoms with Crippen molar-refractivity contribution in [2.24, 2.45) is 0 Å². The van der Waals surface area contributed by atoms with Crippen LogP contribution in [0.5, 0.6) is 0 Å². The first-order chi connectivity index (χ1) is 4.00. The smallest absolute Gasteiger partial charge is 2.00 e. The third kappa shape index (κ3) is 931. The fourth-order valence-corrected chi connectivity index (χ4v) is 0. The molecule has 0 saturated heterocycles. The second kappa shape index (κ2) is 8.69. The maximum atomic E-state index is 8.49. The summed E-state index contributed by atoms with van der Waals surface area (Å²) in [5.41, 5.74) is 0. The molecule has 0 unspecified atom stereocenters. The SMILES string of the molecule is [O-2].[O-][Cl+3]([O-])([O-])[O-].[O-][Cl+3]([O-])([O-])[O-].[Zr+4]. The van der Waals surface area contributed by atoms with Crippen molar-refractivity contribution in [3.05, 3.63) is 0 Å². The molecule has 9 nitrogen and oxygen atoms in total. The Bertz CT molecular complexity index is 55.5. The molecule has 0 aliphatic heterocycles. The zero-order valence-electron chi connectivity index (χ0n) is 4.93. The van der Waals surface area contributed by atoms with Crippen LogP contribution in [0, 0.1) is 20.5 Å². The van der Waals surface area contributed by atoms with Crippen LogP contribution < -0.4 is 37.3 Å². The molecule has 12 heteroatoms. The van der Waals surface area contributed by atoms with Crippen molar-refractivity contribution in [3.63, 3.8) is 0 Å². The molecule has 0 aromatic rings. The van der Waals surface area contributed by atoms with E-state index in [2.05, 4.69) is 0 Å². The van der Waals surface area contributed by atoms with Crippen molar-refractivity contribution in [1.82, 2.24) is 0 Å². The van der Waals surface area contributed by atoms with Gasteiger partial charge in [0.15, 0.2) is 0 Å². The molecule has 0 atom stereocenters. The first kappa shape index (κ1) is 23.2. The van der Waals surface area contributed by atoms with Crippen LogP contribution in [0.3, 0.4) is 0 Å². The largest absolute Gasteiger partial charge is 4.00 e. The number of rotatable bonds is 0. The molecule has 12 heavy (non-hydrogen) atoms. The summed E-state index contributed by atoms with van der Waals surface area (Å²) in [6.07, 6.45) is 0. The first-order valence-electron chi connectivity index (χ1n) is 1.23. The van der Waals surface area contributed by atoms with Gasteiger partial charge >= 0.3 is 26.2 Å². The first-order valence-corrected chi connectivity index (χ1v) is 3.70. The summed E-state index contributed by atoms with van der Waals surface area (Å²) in [7, 11) is -9.89. The molecule has 0 saturated carbocycles. The van der Waals surface area contributed by atoms with Crippen molar-refractivity contribution in [2.45, 2.75) is 0 Å². The van der Waals surface area contributed by atoms with Gasteiger partial charge < -0.3 is 5.48 Å². The van der Waals surface area contributed by atoms with Gasteiger partial charge in [-0.05, 0) is 0 Å². The summed E-state index contributed by atoms with van der Waals surface area (Å²) in [5.74, 6) is 0. The second-order valence-corrected chi connectivity index (χ2v) is 2.27. The van der Waals surface area contributed by atoms with Crippen molar-refractivity contribution >= 4 is 0 Å². The predicted molar refractivity (Wildman–Crippen MR) is 0.686 cm³/mol. The molecule has 0 aliphatic carbocycles. The number of hydrogen-bond acceptors (Lipinski definition) is 8.